The highest BCUT2D eigenvalue weighted by atomic mass is 19.1. The van der Waals surface area contributed by atoms with Gasteiger partial charge in [-0.1, -0.05) is 24.3 Å². The lowest BCUT2D eigenvalue weighted by atomic mass is 10.2. The van der Waals surface area contributed by atoms with Gasteiger partial charge in [0.1, 0.15) is 23.1 Å². The summed E-state index contributed by atoms with van der Waals surface area (Å²) in [6.45, 7) is 0. The van der Waals surface area contributed by atoms with Gasteiger partial charge in [-0.3, -0.25) is 4.79 Å². The molecule has 0 aliphatic carbocycles. The van der Waals surface area contributed by atoms with E-state index in [-0.39, 0.29) is 5.56 Å². The van der Waals surface area contributed by atoms with Crippen LogP contribution in [0.4, 0.5) is 18.9 Å². The van der Waals surface area contributed by atoms with E-state index in [1.165, 1.54) is 30.3 Å². The van der Waals surface area contributed by atoms with Crippen LogP contribution in [0.2, 0.25) is 0 Å². The van der Waals surface area contributed by atoms with Crippen LogP contribution in [0, 0.1) is 17.5 Å². The van der Waals surface area contributed by atoms with E-state index in [2.05, 4.69) is 5.32 Å². The zero-order chi connectivity index (χ0) is 14.5. The molecule has 0 fully saturated rings. The number of amides is 1. The minimum absolute atomic E-state index is 0.205. The molecule has 0 atom stereocenters. The Labute approximate surface area is 113 Å². The van der Waals surface area contributed by atoms with Gasteiger partial charge in [-0.05, 0) is 24.3 Å². The fourth-order valence-electron chi connectivity index (χ4n) is 1.56. The average Bonchev–Trinajstić information content (AvgIpc) is 2.42. The third-order valence-electron chi connectivity index (χ3n) is 2.53. The second-order valence-electron chi connectivity index (χ2n) is 3.94. The van der Waals surface area contributed by atoms with Gasteiger partial charge in [0, 0.05) is 11.6 Å². The summed E-state index contributed by atoms with van der Waals surface area (Å²) < 4.78 is 39.9. The molecule has 0 heterocycles. The predicted molar refractivity (Wildman–Crippen MR) is 70.4 cm³/mol. The Kier molecular flexibility index (Phi) is 4.20. The fraction of sp³-hybridized carbons (Fsp3) is 0. The Morgan fingerprint density at radius 3 is 2.15 bits per heavy atom. The summed E-state index contributed by atoms with van der Waals surface area (Å²) in [6.07, 6.45) is 2.23. The van der Waals surface area contributed by atoms with Crippen LogP contribution in [-0.2, 0) is 4.79 Å². The molecule has 2 aromatic carbocycles. The lowest BCUT2D eigenvalue weighted by molar-refractivity contribution is -0.111. The van der Waals surface area contributed by atoms with Crippen molar-refractivity contribution >= 4 is 17.7 Å². The third kappa shape index (κ3) is 3.26. The van der Waals surface area contributed by atoms with Crippen molar-refractivity contribution in [1.29, 1.82) is 0 Å². The van der Waals surface area contributed by atoms with Gasteiger partial charge in [-0.15, -0.1) is 0 Å². The quantitative estimate of drug-likeness (QED) is 0.850. The minimum Gasteiger partial charge on any atom is -0.318 e. The first-order valence-corrected chi connectivity index (χ1v) is 5.75. The molecule has 0 spiro atoms. The Hall–Kier alpha value is -2.56. The molecule has 0 aromatic heterocycles. The summed E-state index contributed by atoms with van der Waals surface area (Å²) in [5.74, 6) is -3.00. The monoisotopic (exact) mass is 277 g/mol. The molecule has 0 saturated carbocycles. The highest BCUT2D eigenvalue weighted by Gasteiger charge is 2.09. The van der Waals surface area contributed by atoms with Gasteiger partial charge in [0.2, 0.25) is 5.91 Å². The molecule has 0 unspecified atom stereocenters. The van der Waals surface area contributed by atoms with Crippen LogP contribution in [0.15, 0.2) is 48.5 Å². The van der Waals surface area contributed by atoms with Crippen molar-refractivity contribution in [2.45, 2.75) is 0 Å². The highest BCUT2D eigenvalue weighted by molar-refractivity contribution is 6.02. The summed E-state index contributed by atoms with van der Waals surface area (Å²) in [4.78, 5) is 11.5. The molecule has 0 aliphatic heterocycles. The number of benzene rings is 2. The molecule has 0 radical (unpaired) electrons. The first-order valence-electron chi connectivity index (χ1n) is 5.75. The lowest BCUT2D eigenvalue weighted by Gasteiger charge is -2.04. The molecule has 2 rings (SSSR count). The molecule has 0 bridgehead atoms. The Bertz CT molecular complexity index is 648. The van der Waals surface area contributed by atoms with Gasteiger partial charge in [0.15, 0.2) is 0 Å². The molecule has 1 amide bonds. The standard InChI is InChI=1S/C15H10F3NO/c16-11-5-2-1-4-10(11)8-9-14(20)19-15-12(17)6-3-7-13(15)18/h1-9H,(H,19,20). The highest BCUT2D eigenvalue weighted by Crippen LogP contribution is 2.18. The molecule has 2 aromatic rings. The predicted octanol–water partition coefficient (Wildman–Crippen LogP) is 3.76. The van der Waals surface area contributed by atoms with Crippen LogP contribution in [0.1, 0.15) is 5.56 Å². The van der Waals surface area contributed by atoms with E-state index in [4.69, 9.17) is 0 Å². The van der Waals surface area contributed by atoms with E-state index in [0.29, 0.717) is 0 Å². The second-order valence-corrected chi connectivity index (χ2v) is 3.94. The fourth-order valence-corrected chi connectivity index (χ4v) is 1.56. The van der Waals surface area contributed by atoms with Crippen LogP contribution in [0.3, 0.4) is 0 Å². The maximum atomic E-state index is 13.3. The maximum Gasteiger partial charge on any atom is 0.248 e. The number of carbonyl (C=O) groups is 1. The molecule has 2 nitrogen and oxygen atoms in total. The van der Waals surface area contributed by atoms with Gasteiger partial charge in [-0.25, -0.2) is 13.2 Å². The number of para-hydroxylation sites is 1. The SMILES string of the molecule is O=C(C=Cc1ccccc1F)Nc1c(F)cccc1F. The summed E-state index contributed by atoms with van der Waals surface area (Å²) >= 11 is 0. The van der Waals surface area contributed by atoms with Gasteiger partial charge in [0.05, 0.1) is 0 Å². The minimum atomic E-state index is -0.877. The van der Waals surface area contributed by atoms with Gasteiger partial charge >= 0.3 is 0 Å². The lowest BCUT2D eigenvalue weighted by Crippen LogP contribution is -2.10. The van der Waals surface area contributed by atoms with E-state index < -0.39 is 29.0 Å². The van der Waals surface area contributed by atoms with Crippen LogP contribution < -0.4 is 5.32 Å². The van der Waals surface area contributed by atoms with E-state index in [0.717, 1.165) is 18.2 Å². The molecule has 5 heteroatoms. The topological polar surface area (TPSA) is 29.1 Å². The van der Waals surface area contributed by atoms with Crippen molar-refractivity contribution in [3.63, 3.8) is 0 Å². The van der Waals surface area contributed by atoms with Crippen LogP contribution in [-0.4, -0.2) is 5.91 Å². The Balaban J connectivity index is 2.12. The first-order chi connectivity index (χ1) is 9.58. The number of anilines is 1. The number of hydrogen-bond acceptors (Lipinski definition) is 1. The van der Waals surface area contributed by atoms with Gasteiger partial charge in [0.25, 0.3) is 0 Å². The van der Waals surface area contributed by atoms with Crippen molar-refractivity contribution in [3.05, 3.63) is 71.6 Å². The summed E-state index contributed by atoms with van der Waals surface area (Å²) in [5.41, 5.74) is -0.327. The van der Waals surface area contributed by atoms with Crippen LogP contribution >= 0.6 is 0 Å². The molecule has 20 heavy (non-hydrogen) atoms. The molecule has 102 valence electrons. The average molecular weight is 277 g/mol. The second kappa shape index (κ2) is 6.06. The summed E-state index contributed by atoms with van der Waals surface area (Å²) in [5, 5.41) is 2.07. The smallest absolute Gasteiger partial charge is 0.248 e. The van der Waals surface area contributed by atoms with Crippen molar-refractivity contribution in [2.75, 3.05) is 5.32 Å². The Morgan fingerprint density at radius 2 is 1.50 bits per heavy atom. The summed E-state index contributed by atoms with van der Waals surface area (Å²) in [6, 6.07) is 9.09. The van der Waals surface area contributed by atoms with Crippen LogP contribution in [0.25, 0.3) is 6.08 Å². The van der Waals surface area contributed by atoms with E-state index >= 15 is 0 Å². The molecule has 0 aliphatic rings. The van der Waals surface area contributed by atoms with Crippen LogP contribution in [0.5, 0.6) is 0 Å². The van der Waals surface area contributed by atoms with E-state index in [1.54, 1.807) is 6.07 Å². The first kappa shape index (κ1) is 13.9. The van der Waals surface area contributed by atoms with Crippen molar-refractivity contribution in [1.82, 2.24) is 0 Å². The van der Waals surface area contributed by atoms with Crippen molar-refractivity contribution in [3.8, 4) is 0 Å². The normalized spacial score (nSPS) is 10.8. The number of nitrogens with one attached hydrogen (secondary N) is 1. The van der Waals surface area contributed by atoms with E-state index in [1.807, 2.05) is 0 Å². The number of carbonyl (C=O) groups excluding carboxylic acids is 1. The van der Waals surface area contributed by atoms with Crippen molar-refractivity contribution < 1.29 is 18.0 Å². The zero-order valence-corrected chi connectivity index (χ0v) is 10.2. The third-order valence-corrected chi connectivity index (χ3v) is 2.53. The maximum absolute atomic E-state index is 13.3. The van der Waals surface area contributed by atoms with E-state index in [9.17, 15) is 18.0 Å². The number of rotatable bonds is 3. The van der Waals surface area contributed by atoms with Gasteiger partial charge < -0.3 is 5.32 Å². The summed E-state index contributed by atoms with van der Waals surface area (Å²) in [7, 11) is 0. The number of hydrogen-bond donors (Lipinski definition) is 1. The van der Waals surface area contributed by atoms with Crippen molar-refractivity contribution in [2.24, 2.45) is 0 Å². The van der Waals surface area contributed by atoms with Gasteiger partial charge in [-0.2, -0.15) is 0 Å². The zero-order valence-electron chi connectivity index (χ0n) is 10.2. The molecular formula is C15H10F3NO. The molecule has 1 N–H and O–H groups in total. The Morgan fingerprint density at radius 1 is 0.900 bits per heavy atom. The molecular weight excluding hydrogens is 267 g/mol. The molecule has 0 saturated heterocycles. The largest absolute Gasteiger partial charge is 0.318 e. The number of halogens is 3.